The Morgan fingerprint density at radius 1 is 0.861 bits per heavy atom. The minimum Gasteiger partial charge on any atom is -0.298 e. The van der Waals surface area contributed by atoms with Gasteiger partial charge >= 0.3 is 0 Å². The zero-order valence-corrected chi connectivity index (χ0v) is 20.9. The lowest BCUT2D eigenvalue weighted by Crippen LogP contribution is -2.50. The van der Waals surface area contributed by atoms with Gasteiger partial charge in [0.25, 0.3) is 0 Å². The lowest BCUT2D eigenvalue weighted by Gasteiger charge is -2.48. The van der Waals surface area contributed by atoms with E-state index in [9.17, 15) is 4.79 Å². The van der Waals surface area contributed by atoms with Crippen molar-refractivity contribution in [2.75, 3.05) is 13.1 Å². The summed E-state index contributed by atoms with van der Waals surface area (Å²) < 4.78 is 1.75. The van der Waals surface area contributed by atoms with E-state index < -0.39 is 5.54 Å². The minimum absolute atomic E-state index is 0.194. The maximum atomic E-state index is 11.9. The van der Waals surface area contributed by atoms with Gasteiger partial charge in [0.1, 0.15) is 0 Å². The number of hydrogen-bond acceptors (Lipinski definition) is 3. The number of rotatable bonds is 8. The molecule has 36 heavy (non-hydrogen) atoms. The zero-order valence-electron chi connectivity index (χ0n) is 20.9. The third-order valence-electron chi connectivity index (χ3n) is 7.11. The van der Waals surface area contributed by atoms with Crippen molar-refractivity contribution in [3.63, 3.8) is 0 Å². The fourth-order valence-corrected chi connectivity index (χ4v) is 5.43. The van der Waals surface area contributed by atoms with Crippen molar-refractivity contribution < 1.29 is 4.79 Å². The molecule has 0 amide bonds. The fourth-order valence-electron chi connectivity index (χ4n) is 5.43. The Kier molecular flexibility index (Phi) is 7.24. The van der Waals surface area contributed by atoms with Crippen LogP contribution in [0.25, 0.3) is 6.08 Å². The van der Waals surface area contributed by atoms with Crippen LogP contribution in [-0.2, 0) is 16.9 Å². The Balaban J connectivity index is 1.57. The van der Waals surface area contributed by atoms with E-state index in [0.29, 0.717) is 13.0 Å². The molecule has 1 aromatic heterocycles. The number of benzene rings is 3. The topological polar surface area (TPSA) is 38.1 Å². The molecule has 0 spiro atoms. The molecule has 182 valence electrons. The summed E-state index contributed by atoms with van der Waals surface area (Å²) >= 11 is 0. The van der Waals surface area contributed by atoms with Crippen LogP contribution in [0.15, 0.2) is 109 Å². The number of likely N-dealkylation sites (tertiary alicyclic amines) is 1. The Morgan fingerprint density at radius 3 is 1.94 bits per heavy atom. The Hall–Kier alpha value is -3.76. The highest BCUT2D eigenvalue weighted by Crippen LogP contribution is 2.44. The number of nitrogens with zero attached hydrogens (tertiary/aromatic N) is 3. The lowest BCUT2D eigenvalue weighted by molar-refractivity contribution is -0.119. The van der Waals surface area contributed by atoms with Crippen LogP contribution in [0.2, 0.25) is 0 Å². The normalized spacial score (nSPS) is 15.8. The Labute approximate surface area is 213 Å². The maximum Gasteiger partial charge on any atom is 0.154 e. The van der Waals surface area contributed by atoms with Gasteiger partial charge in [-0.25, -0.2) is 0 Å². The maximum absolute atomic E-state index is 11.9. The molecule has 4 nitrogen and oxygen atoms in total. The number of Topliss-reactive ketones (excluding diaryl/α,β-unsaturated/α-hetero) is 1. The van der Waals surface area contributed by atoms with E-state index in [1.165, 1.54) is 22.3 Å². The summed E-state index contributed by atoms with van der Waals surface area (Å²) in [6.45, 7) is 4.07. The van der Waals surface area contributed by atoms with E-state index in [1.54, 1.807) is 4.68 Å². The molecule has 3 aromatic carbocycles. The molecule has 0 saturated carbocycles. The van der Waals surface area contributed by atoms with Crippen LogP contribution in [0, 0.1) is 0 Å². The predicted molar refractivity (Wildman–Crippen MR) is 146 cm³/mol. The van der Waals surface area contributed by atoms with E-state index in [4.69, 9.17) is 0 Å². The SMILES string of the molecule is CCC(=O)Cn1ccc(/C=C2\CCCN(C(c3ccccc3)(c3ccccc3)c3ccccc3)C2)n1. The van der Waals surface area contributed by atoms with Gasteiger partial charge < -0.3 is 0 Å². The van der Waals surface area contributed by atoms with Gasteiger partial charge in [-0.1, -0.05) is 103 Å². The van der Waals surface area contributed by atoms with Gasteiger partial charge in [0.2, 0.25) is 0 Å². The third-order valence-corrected chi connectivity index (χ3v) is 7.11. The molecule has 4 heteroatoms. The molecular formula is C32H33N3O. The highest BCUT2D eigenvalue weighted by Gasteiger charge is 2.42. The standard InChI is InChI=1S/C32H33N3O/c1-2-31(36)25-35-22-20-30(33-35)23-26-13-12-21-34(24-26)32(27-14-6-3-7-15-27,28-16-8-4-9-17-28)29-18-10-5-11-19-29/h3-11,14-20,22-23H,2,12-13,21,24-25H2,1H3/b26-23+. The van der Waals surface area contributed by atoms with Gasteiger partial charge in [-0.3, -0.25) is 14.4 Å². The highest BCUT2D eigenvalue weighted by molar-refractivity contribution is 5.77. The van der Waals surface area contributed by atoms with Crippen molar-refractivity contribution in [3.8, 4) is 0 Å². The van der Waals surface area contributed by atoms with Crippen LogP contribution in [0.5, 0.6) is 0 Å². The monoisotopic (exact) mass is 475 g/mol. The predicted octanol–water partition coefficient (Wildman–Crippen LogP) is 6.33. The van der Waals surface area contributed by atoms with Gasteiger partial charge in [0, 0.05) is 25.7 Å². The Morgan fingerprint density at radius 2 is 1.42 bits per heavy atom. The summed E-state index contributed by atoms with van der Waals surface area (Å²) in [4.78, 5) is 14.5. The molecule has 1 aliphatic rings. The largest absolute Gasteiger partial charge is 0.298 e. The second-order valence-corrected chi connectivity index (χ2v) is 9.47. The van der Waals surface area contributed by atoms with Crippen LogP contribution in [-0.4, -0.2) is 33.6 Å². The van der Waals surface area contributed by atoms with E-state index in [2.05, 4.69) is 107 Å². The summed E-state index contributed by atoms with van der Waals surface area (Å²) in [5.41, 5.74) is 5.68. The molecule has 0 aliphatic carbocycles. The molecule has 4 aromatic rings. The average Bonchev–Trinajstić information content (AvgIpc) is 3.37. The molecule has 2 heterocycles. The van der Waals surface area contributed by atoms with Gasteiger partial charge in [0.05, 0.1) is 17.8 Å². The number of ketones is 1. The van der Waals surface area contributed by atoms with Crippen LogP contribution >= 0.6 is 0 Å². The first kappa shape index (κ1) is 24.0. The van der Waals surface area contributed by atoms with Crippen molar-refractivity contribution in [1.29, 1.82) is 0 Å². The summed E-state index contributed by atoms with van der Waals surface area (Å²) in [6, 6.07) is 34.6. The van der Waals surface area contributed by atoms with Crippen molar-refractivity contribution in [2.24, 2.45) is 0 Å². The molecule has 1 fully saturated rings. The van der Waals surface area contributed by atoms with Gasteiger partial charge in [0.15, 0.2) is 5.78 Å². The molecule has 1 aliphatic heterocycles. The first-order chi connectivity index (χ1) is 17.7. The van der Waals surface area contributed by atoms with E-state index >= 15 is 0 Å². The summed E-state index contributed by atoms with van der Waals surface area (Å²) in [6.07, 6.45) is 6.78. The molecular weight excluding hydrogens is 442 g/mol. The molecule has 1 saturated heterocycles. The van der Waals surface area contributed by atoms with E-state index in [0.717, 1.165) is 31.6 Å². The minimum atomic E-state index is -0.407. The molecule has 0 unspecified atom stereocenters. The number of piperidine rings is 1. The second-order valence-electron chi connectivity index (χ2n) is 9.47. The van der Waals surface area contributed by atoms with Crippen LogP contribution in [0.4, 0.5) is 0 Å². The first-order valence-electron chi connectivity index (χ1n) is 12.9. The lowest BCUT2D eigenvalue weighted by atomic mass is 9.74. The van der Waals surface area contributed by atoms with E-state index in [-0.39, 0.29) is 5.78 Å². The number of aromatic nitrogens is 2. The number of carbonyl (C=O) groups is 1. The summed E-state index contributed by atoms with van der Waals surface area (Å²) in [5.74, 6) is 0.194. The van der Waals surface area contributed by atoms with Gasteiger partial charge in [-0.2, -0.15) is 5.10 Å². The molecule has 0 bridgehead atoms. The van der Waals surface area contributed by atoms with Gasteiger partial charge in [-0.05, 0) is 41.7 Å². The third kappa shape index (κ3) is 4.82. The highest BCUT2D eigenvalue weighted by atomic mass is 16.1. The van der Waals surface area contributed by atoms with Crippen molar-refractivity contribution in [3.05, 3.63) is 131 Å². The van der Waals surface area contributed by atoms with Crippen molar-refractivity contribution in [1.82, 2.24) is 14.7 Å². The number of carbonyl (C=O) groups excluding carboxylic acids is 1. The molecule has 0 radical (unpaired) electrons. The molecule has 0 N–H and O–H groups in total. The number of hydrogen-bond donors (Lipinski definition) is 0. The van der Waals surface area contributed by atoms with Crippen LogP contribution in [0.1, 0.15) is 48.6 Å². The van der Waals surface area contributed by atoms with Crippen molar-refractivity contribution in [2.45, 2.75) is 38.3 Å². The zero-order chi connectivity index (χ0) is 24.8. The Bertz CT molecular complexity index is 1210. The van der Waals surface area contributed by atoms with Crippen molar-refractivity contribution >= 4 is 11.9 Å². The summed E-state index contributed by atoms with van der Waals surface area (Å²) in [7, 11) is 0. The molecule has 0 atom stereocenters. The van der Waals surface area contributed by atoms with E-state index in [1.807, 2.05) is 19.2 Å². The average molecular weight is 476 g/mol. The fraction of sp³-hybridized carbons (Fsp3) is 0.250. The van der Waals surface area contributed by atoms with Gasteiger partial charge in [-0.15, -0.1) is 0 Å². The van der Waals surface area contributed by atoms with Crippen LogP contribution in [0.3, 0.4) is 0 Å². The first-order valence-corrected chi connectivity index (χ1v) is 12.9. The van der Waals surface area contributed by atoms with Crippen LogP contribution < -0.4 is 0 Å². The smallest absolute Gasteiger partial charge is 0.154 e. The summed E-state index contributed by atoms with van der Waals surface area (Å²) in [5, 5.41) is 4.65. The molecule has 5 rings (SSSR count). The quantitative estimate of drug-likeness (QED) is 0.279. The second kappa shape index (κ2) is 10.9.